The molecular weight excluding hydrogens is 188 g/mol. The lowest BCUT2D eigenvalue weighted by Crippen LogP contribution is -2.30. The van der Waals surface area contributed by atoms with Gasteiger partial charge in [-0.25, -0.2) is 0 Å². The maximum absolute atomic E-state index is 5.90. The van der Waals surface area contributed by atoms with Crippen LogP contribution in [0.1, 0.15) is 19.4 Å². The van der Waals surface area contributed by atoms with Gasteiger partial charge in [-0.1, -0.05) is 6.58 Å². The van der Waals surface area contributed by atoms with Gasteiger partial charge in [0, 0.05) is 12.0 Å². The molecule has 2 nitrogen and oxygen atoms in total. The summed E-state index contributed by atoms with van der Waals surface area (Å²) in [7, 11) is 1.68. The molecule has 80 valence electrons. The molecule has 1 unspecified atom stereocenters. The maximum atomic E-state index is 5.90. The Labute approximate surface area is 90.5 Å². The number of hydrogen-bond donors (Lipinski definition) is 0. The van der Waals surface area contributed by atoms with Crippen LogP contribution in [-0.2, 0) is 6.42 Å². The fourth-order valence-electron chi connectivity index (χ4n) is 1.80. The van der Waals surface area contributed by atoms with E-state index in [9.17, 15) is 0 Å². The lowest BCUT2D eigenvalue weighted by Gasteiger charge is -2.23. The summed E-state index contributed by atoms with van der Waals surface area (Å²) in [5.74, 6) is 1.82. The largest absolute Gasteiger partial charge is 0.497 e. The molecule has 0 N–H and O–H groups in total. The van der Waals surface area contributed by atoms with Gasteiger partial charge in [0.15, 0.2) is 0 Å². The van der Waals surface area contributed by atoms with Gasteiger partial charge in [0.1, 0.15) is 17.1 Å². The highest BCUT2D eigenvalue weighted by atomic mass is 16.5. The van der Waals surface area contributed by atoms with Gasteiger partial charge in [0.05, 0.1) is 7.11 Å². The van der Waals surface area contributed by atoms with Crippen molar-refractivity contribution in [1.82, 2.24) is 0 Å². The molecule has 15 heavy (non-hydrogen) atoms. The quantitative estimate of drug-likeness (QED) is 0.689. The number of ether oxygens (including phenoxy) is 2. The van der Waals surface area contributed by atoms with Crippen LogP contribution in [0.25, 0.3) is 0 Å². The van der Waals surface area contributed by atoms with Crippen LogP contribution in [0.3, 0.4) is 0 Å². The van der Waals surface area contributed by atoms with Crippen LogP contribution >= 0.6 is 0 Å². The summed E-state index contributed by atoms with van der Waals surface area (Å²) in [5.41, 5.74) is 1.99. The van der Waals surface area contributed by atoms with Gasteiger partial charge in [-0.2, -0.15) is 0 Å². The summed E-state index contributed by atoms with van der Waals surface area (Å²) in [5, 5.41) is 0. The molecule has 0 saturated heterocycles. The Hall–Kier alpha value is -1.44. The van der Waals surface area contributed by atoms with Crippen LogP contribution in [-0.4, -0.2) is 12.7 Å². The van der Waals surface area contributed by atoms with Crippen LogP contribution in [0, 0.1) is 0 Å². The minimum absolute atomic E-state index is 0.255. The highest BCUT2D eigenvalue weighted by Crippen LogP contribution is 2.39. The van der Waals surface area contributed by atoms with Crippen molar-refractivity contribution < 1.29 is 9.47 Å². The third-order valence-corrected chi connectivity index (χ3v) is 3.03. The molecule has 1 aromatic rings. The molecule has 0 aliphatic carbocycles. The molecule has 0 fully saturated rings. The normalized spacial score (nSPS) is 23.1. The zero-order valence-corrected chi connectivity index (χ0v) is 9.46. The van der Waals surface area contributed by atoms with Crippen molar-refractivity contribution in [3.63, 3.8) is 0 Å². The van der Waals surface area contributed by atoms with Gasteiger partial charge < -0.3 is 9.47 Å². The minimum atomic E-state index is -0.255. The van der Waals surface area contributed by atoms with Gasteiger partial charge in [-0.15, -0.1) is 0 Å². The Morgan fingerprint density at radius 1 is 1.53 bits per heavy atom. The Morgan fingerprint density at radius 2 is 2.27 bits per heavy atom. The first-order valence-electron chi connectivity index (χ1n) is 5.07. The van der Waals surface area contributed by atoms with E-state index in [1.165, 1.54) is 5.56 Å². The number of hydrogen-bond acceptors (Lipinski definition) is 2. The first-order chi connectivity index (χ1) is 7.05. The predicted octanol–water partition coefficient (Wildman–Crippen LogP) is 2.96. The van der Waals surface area contributed by atoms with E-state index in [2.05, 4.69) is 13.5 Å². The summed E-state index contributed by atoms with van der Waals surface area (Å²) in [4.78, 5) is 0. The molecule has 0 bridgehead atoms. The molecule has 2 rings (SSSR count). The van der Waals surface area contributed by atoms with E-state index in [0.717, 1.165) is 23.5 Å². The molecule has 1 heterocycles. The lowest BCUT2D eigenvalue weighted by atomic mass is 9.93. The molecule has 0 aromatic heterocycles. The molecule has 0 saturated carbocycles. The third kappa shape index (κ3) is 1.60. The van der Waals surface area contributed by atoms with Crippen LogP contribution in [0.15, 0.2) is 30.4 Å². The first-order valence-corrected chi connectivity index (χ1v) is 5.07. The Kier molecular flexibility index (Phi) is 2.22. The van der Waals surface area contributed by atoms with Gasteiger partial charge in [0.25, 0.3) is 0 Å². The van der Waals surface area contributed by atoms with Crippen molar-refractivity contribution in [2.75, 3.05) is 7.11 Å². The van der Waals surface area contributed by atoms with Crippen molar-refractivity contribution >= 4 is 0 Å². The van der Waals surface area contributed by atoms with Gasteiger partial charge >= 0.3 is 0 Å². The van der Waals surface area contributed by atoms with E-state index in [1.807, 2.05) is 25.1 Å². The Morgan fingerprint density at radius 3 is 2.87 bits per heavy atom. The lowest BCUT2D eigenvalue weighted by molar-refractivity contribution is 0.157. The molecule has 0 spiro atoms. The van der Waals surface area contributed by atoms with Gasteiger partial charge in [-0.05, 0) is 37.6 Å². The number of benzene rings is 1. The molecule has 0 radical (unpaired) electrons. The number of fused-ring (bicyclic) bond motifs is 1. The van der Waals surface area contributed by atoms with Crippen molar-refractivity contribution in [2.45, 2.75) is 25.9 Å². The smallest absolute Gasteiger partial charge is 0.131 e. The van der Waals surface area contributed by atoms with Crippen molar-refractivity contribution in [2.24, 2.45) is 0 Å². The van der Waals surface area contributed by atoms with Crippen LogP contribution in [0.5, 0.6) is 11.5 Å². The van der Waals surface area contributed by atoms with Crippen molar-refractivity contribution in [3.8, 4) is 11.5 Å². The fourth-order valence-corrected chi connectivity index (χ4v) is 1.80. The molecule has 1 atom stereocenters. The van der Waals surface area contributed by atoms with Gasteiger partial charge in [0.2, 0.25) is 0 Å². The topological polar surface area (TPSA) is 18.5 Å². The van der Waals surface area contributed by atoms with E-state index >= 15 is 0 Å². The SMILES string of the molecule is C=C(C)C1(C)Cc2cc(OC)ccc2O1. The van der Waals surface area contributed by atoms with E-state index in [1.54, 1.807) is 7.11 Å². The average molecular weight is 204 g/mol. The molecule has 2 heteroatoms. The molecular formula is C13H16O2. The summed E-state index contributed by atoms with van der Waals surface area (Å²) < 4.78 is 11.1. The minimum Gasteiger partial charge on any atom is -0.497 e. The Balaban J connectivity index is 2.35. The standard InChI is InChI=1S/C13H16O2/c1-9(2)13(3)8-10-7-11(14-4)5-6-12(10)15-13/h5-7H,1,8H2,2-4H3. The second-order valence-electron chi connectivity index (χ2n) is 4.26. The summed E-state index contributed by atoms with van der Waals surface area (Å²) in [6.45, 7) is 8.05. The summed E-state index contributed by atoms with van der Waals surface area (Å²) in [6, 6.07) is 5.91. The van der Waals surface area contributed by atoms with Crippen LogP contribution in [0.2, 0.25) is 0 Å². The monoisotopic (exact) mass is 204 g/mol. The fraction of sp³-hybridized carbons (Fsp3) is 0.385. The molecule has 1 aliphatic rings. The highest BCUT2D eigenvalue weighted by Gasteiger charge is 2.35. The molecule has 1 aliphatic heterocycles. The number of methoxy groups -OCH3 is 1. The third-order valence-electron chi connectivity index (χ3n) is 3.03. The highest BCUT2D eigenvalue weighted by molar-refractivity contribution is 5.46. The number of rotatable bonds is 2. The van der Waals surface area contributed by atoms with E-state index in [0.29, 0.717) is 0 Å². The second kappa shape index (κ2) is 3.30. The zero-order chi connectivity index (χ0) is 11.1. The van der Waals surface area contributed by atoms with E-state index in [-0.39, 0.29) is 5.60 Å². The van der Waals surface area contributed by atoms with E-state index < -0.39 is 0 Å². The molecule has 0 amide bonds. The van der Waals surface area contributed by atoms with E-state index in [4.69, 9.17) is 9.47 Å². The van der Waals surface area contributed by atoms with Crippen molar-refractivity contribution in [3.05, 3.63) is 35.9 Å². The van der Waals surface area contributed by atoms with Gasteiger partial charge in [-0.3, -0.25) is 0 Å². The van der Waals surface area contributed by atoms with Crippen molar-refractivity contribution in [1.29, 1.82) is 0 Å². The zero-order valence-electron chi connectivity index (χ0n) is 9.46. The summed E-state index contributed by atoms with van der Waals surface area (Å²) >= 11 is 0. The average Bonchev–Trinajstić information content (AvgIpc) is 2.54. The Bertz CT molecular complexity index is 409. The van der Waals surface area contributed by atoms with Crippen LogP contribution in [0.4, 0.5) is 0 Å². The summed E-state index contributed by atoms with van der Waals surface area (Å²) in [6.07, 6.45) is 0.870. The molecule has 1 aromatic carbocycles. The van der Waals surface area contributed by atoms with Crippen LogP contribution < -0.4 is 9.47 Å². The first kappa shape index (κ1) is 10.1. The predicted molar refractivity (Wildman–Crippen MR) is 60.5 cm³/mol. The maximum Gasteiger partial charge on any atom is 0.131 e. The second-order valence-corrected chi connectivity index (χ2v) is 4.26.